The van der Waals surface area contributed by atoms with Crippen molar-refractivity contribution in [1.82, 2.24) is 9.29 Å². The number of nitrogens with one attached hydrogen (secondary N) is 1. The maximum Gasteiger partial charge on any atom is 0.573 e. The van der Waals surface area contributed by atoms with Crippen molar-refractivity contribution in [2.24, 2.45) is 11.1 Å². The molecule has 1 atom stereocenters. The number of hydrogen-bond donors (Lipinski definition) is 2. The molecule has 1 fully saturated rings. The van der Waals surface area contributed by atoms with Crippen molar-refractivity contribution in [1.29, 1.82) is 0 Å². The molecule has 0 aliphatic heterocycles. The predicted octanol–water partition coefficient (Wildman–Crippen LogP) is 4.97. The molecule has 0 spiro atoms. The van der Waals surface area contributed by atoms with Gasteiger partial charge in [-0.2, -0.15) is 0 Å². The van der Waals surface area contributed by atoms with Gasteiger partial charge in [0, 0.05) is 29.0 Å². The highest BCUT2D eigenvalue weighted by Crippen LogP contribution is 2.37. The van der Waals surface area contributed by atoms with Gasteiger partial charge in [0.2, 0.25) is 10.0 Å². The third-order valence-corrected chi connectivity index (χ3v) is 9.01. The standard InChI is InChI=1S/C24H34F3N3O4S2/c1-16-22(35(5,28)31)14-19(30(16)15-17-9-7-6-8-10-17)18-11-12-21(20(13-18)34-24(25,26)27)36(32,33)29-23(2,3)4/h11-14,17,29H,5-10,15H2,1-4H3,(H2,28,31). The smallest absolute Gasteiger partial charge is 0.404 e. The zero-order valence-electron chi connectivity index (χ0n) is 20.9. The highest BCUT2D eigenvalue weighted by Gasteiger charge is 2.35. The van der Waals surface area contributed by atoms with Crippen LogP contribution in [0.25, 0.3) is 11.3 Å². The number of aromatic nitrogens is 1. The highest BCUT2D eigenvalue weighted by atomic mass is 32.2. The summed E-state index contributed by atoms with van der Waals surface area (Å²) in [5.74, 6) is 3.06. The van der Waals surface area contributed by atoms with Gasteiger partial charge in [-0.15, -0.1) is 13.2 Å². The molecule has 0 saturated heterocycles. The van der Waals surface area contributed by atoms with Gasteiger partial charge in [0.15, 0.2) is 0 Å². The number of halogens is 3. The quantitative estimate of drug-likeness (QED) is 0.476. The predicted molar refractivity (Wildman–Crippen MR) is 136 cm³/mol. The topological polar surface area (TPSA) is 103 Å². The second kappa shape index (κ2) is 10.0. The molecule has 2 aromatic rings. The Balaban J connectivity index is 2.19. The lowest BCUT2D eigenvalue weighted by atomic mass is 9.89. The Morgan fingerprint density at radius 1 is 1.08 bits per heavy atom. The number of ether oxygens (including phenoxy) is 1. The van der Waals surface area contributed by atoms with E-state index in [2.05, 4.69) is 15.3 Å². The van der Waals surface area contributed by atoms with Crippen molar-refractivity contribution in [2.45, 2.75) is 88.0 Å². The van der Waals surface area contributed by atoms with Gasteiger partial charge in [-0.1, -0.05) is 25.3 Å². The maximum atomic E-state index is 13.3. The molecule has 12 heteroatoms. The normalized spacial score (nSPS) is 17.7. The number of rotatable bonds is 7. The minimum atomic E-state index is -5.12. The van der Waals surface area contributed by atoms with Crippen LogP contribution in [0.15, 0.2) is 34.1 Å². The number of nitrogens with two attached hydrogens (primary N) is 1. The summed E-state index contributed by atoms with van der Waals surface area (Å²) in [7, 11) is -7.45. The first kappa shape index (κ1) is 28.5. The van der Waals surface area contributed by atoms with Crippen LogP contribution in [0.3, 0.4) is 0 Å². The summed E-state index contributed by atoms with van der Waals surface area (Å²) in [6.07, 6.45) is 0.236. The Bertz CT molecular complexity index is 1320. The number of alkyl halides is 3. The Morgan fingerprint density at radius 2 is 1.69 bits per heavy atom. The molecule has 1 aromatic heterocycles. The van der Waals surface area contributed by atoms with Gasteiger partial charge in [-0.25, -0.2) is 17.3 Å². The van der Waals surface area contributed by atoms with E-state index >= 15 is 0 Å². The second-order valence-corrected chi connectivity index (χ2v) is 13.9. The van der Waals surface area contributed by atoms with Crippen LogP contribution in [0.1, 0.15) is 58.6 Å². The molecule has 1 unspecified atom stereocenters. The van der Waals surface area contributed by atoms with Crippen LogP contribution in [-0.4, -0.2) is 35.0 Å². The van der Waals surface area contributed by atoms with Gasteiger partial charge in [0.1, 0.15) is 10.6 Å². The van der Waals surface area contributed by atoms with Crippen molar-refractivity contribution in [3.05, 3.63) is 30.0 Å². The molecule has 1 heterocycles. The Hall–Kier alpha value is -2.02. The van der Waals surface area contributed by atoms with Gasteiger partial charge < -0.3 is 9.30 Å². The molecule has 0 radical (unpaired) electrons. The van der Waals surface area contributed by atoms with E-state index in [1.54, 1.807) is 33.8 Å². The van der Waals surface area contributed by atoms with Crippen molar-refractivity contribution < 1.29 is 30.5 Å². The highest BCUT2D eigenvalue weighted by molar-refractivity contribution is 7.98. The molecule has 3 N–H and O–H groups in total. The van der Waals surface area contributed by atoms with E-state index < -0.39 is 42.3 Å². The van der Waals surface area contributed by atoms with Crippen LogP contribution in [0.2, 0.25) is 0 Å². The molecular formula is C24H34F3N3O4S2. The van der Waals surface area contributed by atoms with Crippen molar-refractivity contribution in [2.75, 3.05) is 0 Å². The summed E-state index contributed by atoms with van der Waals surface area (Å²) in [6, 6.07) is 5.10. The first-order valence-electron chi connectivity index (χ1n) is 11.7. The first-order valence-corrected chi connectivity index (χ1v) is 14.9. The average Bonchev–Trinajstić information content (AvgIpc) is 3.02. The van der Waals surface area contributed by atoms with E-state index in [0.29, 0.717) is 28.7 Å². The summed E-state index contributed by atoms with van der Waals surface area (Å²) in [4.78, 5) is -0.335. The van der Waals surface area contributed by atoms with Crippen molar-refractivity contribution in [3.8, 4) is 17.0 Å². The van der Waals surface area contributed by atoms with Crippen molar-refractivity contribution in [3.63, 3.8) is 0 Å². The molecule has 202 valence electrons. The number of nitrogens with zero attached hydrogens (tertiary/aromatic N) is 1. The fourth-order valence-electron chi connectivity index (χ4n) is 4.62. The summed E-state index contributed by atoms with van der Waals surface area (Å²) >= 11 is 0. The lowest BCUT2D eigenvalue weighted by Crippen LogP contribution is -2.40. The Morgan fingerprint density at radius 3 is 2.22 bits per heavy atom. The van der Waals surface area contributed by atoms with E-state index in [-0.39, 0.29) is 5.56 Å². The van der Waals surface area contributed by atoms with E-state index in [1.165, 1.54) is 6.07 Å². The van der Waals surface area contributed by atoms with Gasteiger partial charge in [-0.05, 0) is 70.5 Å². The lowest BCUT2D eigenvalue weighted by Gasteiger charge is -2.25. The van der Waals surface area contributed by atoms with Crippen LogP contribution in [0, 0.1) is 12.8 Å². The summed E-state index contributed by atoms with van der Waals surface area (Å²) < 4.78 is 86.7. The van der Waals surface area contributed by atoms with Crippen LogP contribution < -0.4 is 14.6 Å². The molecule has 0 amide bonds. The number of sulfonamides is 1. The maximum absolute atomic E-state index is 13.3. The first-order chi connectivity index (χ1) is 16.4. The summed E-state index contributed by atoms with van der Waals surface area (Å²) in [6.45, 7) is 7.05. The van der Waals surface area contributed by atoms with E-state index in [1.807, 2.05) is 4.57 Å². The largest absolute Gasteiger partial charge is 0.573 e. The summed E-state index contributed by atoms with van der Waals surface area (Å²) in [5, 5.41) is 5.85. The molecule has 7 nitrogen and oxygen atoms in total. The molecule has 1 saturated carbocycles. The molecule has 1 aliphatic carbocycles. The molecule has 3 rings (SSSR count). The fourth-order valence-corrected chi connectivity index (χ4v) is 7.07. The molecule has 36 heavy (non-hydrogen) atoms. The Kier molecular flexibility index (Phi) is 7.96. The average molecular weight is 550 g/mol. The summed E-state index contributed by atoms with van der Waals surface area (Å²) in [5.41, 5.74) is 0.429. The third kappa shape index (κ3) is 7.05. The fraction of sp³-hybridized carbons (Fsp3) is 0.542. The van der Waals surface area contributed by atoms with E-state index in [4.69, 9.17) is 5.14 Å². The molecule has 0 bridgehead atoms. The van der Waals surface area contributed by atoms with Gasteiger partial charge in [0.05, 0.1) is 14.6 Å². The molecule has 1 aliphatic rings. The van der Waals surface area contributed by atoms with Crippen LogP contribution in [0.5, 0.6) is 5.75 Å². The molecular weight excluding hydrogens is 515 g/mol. The number of benzene rings is 1. The minimum absolute atomic E-state index is 0.276. The minimum Gasteiger partial charge on any atom is -0.404 e. The zero-order valence-corrected chi connectivity index (χ0v) is 22.6. The van der Waals surface area contributed by atoms with Gasteiger partial charge in [-0.3, -0.25) is 5.14 Å². The van der Waals surface area contributed by atoms with Crippen LogP contribution >= 0.6 is 0 Å². The second-order valence-electron chi connectivity index (χ2n) is 10.4. The zero-order chi connectivity index (χ0) is 27.1. The number of hydrogen-bond acceptors (Lipinski definition) is 4. The van der Waals surface area contributed by atoms with E-state index in [9.17, 15) is 25.8 Å². The van der Waals surface area contributed by atoms with Gasteiger partial charge in [0.25, 0.3) is 0 Å². The molecule has 1 aromatic carbocycles. The monoisotopic (exact) mass is 549 g/mol. The Labute approximate surface area is 211 Å². The lowest BCUT2D eigenvalue weighted by molar-refractivity contribution is -0.275. The van der Waals surface area contributed by atoms with Gasteiger partial charge >= 0.3 is 6.36 Å². The van der Waals surface area contributed by atoms with Crippen LogP contribution in [0.4, 0.5) is 13.2 Å². The third-order valence-electron chi connectivity index (χ3n) is 6.05. The van der Waals surface area contributed by atoms with Crippen LogP contribution in [-0.2, 0) is 26.3 Å². The van der Waals surface area contributed by atoms with E-state index in [0.717, 1.165) is 44.2 Å². The van der Waals surface area contributed by atoms with Crippen molar-refractivity contribution >= 4 is 25.6 Å². The SMILES string of the molecule is C=S(N)(=O)c1cc(-c2ccc(S(=O)(=O)NC(C)(C)C)c(OC(F)(F)F)c2)n(CC2CCCCC2)c1C.